The fourth-order valence-corrected chi connectivity index (χ4v) is 1.91. The minimum atomic E-state index is -1.09. The van der Waals surface area contributed by atoms with Gasteiger partial charge in [0.2, 0.25) is 0 Å². The van der Waals surface area contributed by atoms with Gasteiger partial charge >= 0.3 is 5.97 Å². The fraction of sp³-hybridized carbons (Fsp3) is 0.429. The number of hydrogen-bond donors (Lipinski definition) is 2. The summed E-state index contributed by atoms with van der Waals surface area (Å²) in [4.78, 5) is 33.3. The van der Waals surface area contributed by atoms with Gasteiger partial charge in [0, 0.05) is 17.2 Å². The average molecular weight is 294 g/mol. The Balaban J connectivity index is 2.85. The van der Waals surface area contributed by atoms with Crippen LogP contribution >= 0.6 is 0 Å². The number of nitro groups is 1. The molecule has 2 N–H and O–H groups in total. The number of carboxylic acid groups (broad SMARTS) is 1. The van der Waals surface area contributed by atoms with E-state index in [0.717, 1.165) is 6.42 Å². The Hall–Kier alpha value is -2.44. The highest BCUT2D eigenvalue weighted by molar-refractivity contribution is 5.97. The monoisotopic (exact) mass is 294 g/mol. The highest BCUT2D eigenvalue weighted by Gasteiger charge is 2.21. The molecule has 1 atom stereocenters. The molecule has 7 nitrogen and oxygen atoms in total. The van der Waals surface area contributed by atoms with Crippen molar-refractivity contribution in [2.75, 3.05) is 0 Å². The maximum absolute atomic E-state index is 12.0. The van der Waals surface area contributed by atoms with Gasteiger partial charge in [0.1, 0.15) is 6.04 Å². The van der Waals surface area contributed by atoms with E-state index in [9.17, 15) is 19.7 Å². The van der Waals surface area contributed by atoms with Gasteiger partial charge in [-0.25, -0.2) is 4.79 Å². The van der Waals surface area contributed by atoms with Crippen molar-refractivity contribution in [3.05, 3.63) is 39.4 Å². The van der Waals surface area contributed by atoms with Crippen LogP contribution in [0.25, 0.3) is 0 Å². The molecule has 0 aliphatic heterocycles. The molecule has 0 saturated heterocycles. The Morgan fingerprint density at radius 2 is 2.10 bits per heavy atom. The van der Waals surface area contributed by atoms with Crippen molar-refractivity contribution in [2.45, 2.75) is 39.2 Å². The molecule has 0 saturated carbocycles. The van der Waals surface area contributed by atoms with Gasteiger partial charge in [0.15, 0.2) is 0 Å². The number of unbranched alkanes of at least 4 members (excludes halogenated alkanes) is 1. The van der Waals surface area contributed by atoms with Crippen molar-refractivity contribution < 1.29 is 19.6 Å². The molecule has 21 heavy (non-hydrogen) atoms. The summed E-state index contributed by atoms with van der Waals surface area (Å²) in [5.41, 5.74) is 0.487. The van der Waals surface area contributed by atoms with Gasteiger partial charge in [-0.1, -0.05) is 19.8 Å². The lowest BCUT2D eigenvalue weighted by atomic mass is 10.1. The molecule has 0 radical (unpaired) electrons. The number of amides is 1. The Labute approximate surface area is 122 Å². The summed E-state index contributed by atoms with van der Waals surface area (Å²) >= 11 is 0. The predicted octanol–water partition coefficient (Wildman–Crippen LogP) is 2.28. The lowest BCUT2D eigenvalue weighted by molar-refractivity contribution is -0.385. The normalized spacial score (nSPS) is 11.7. The summed E-state index contributed by atoms with van der Waals surface area (Å²) in [5, 5.41) is 22.2. The molecule has 114 valence electrons. The predicted molar refractivity (Wildman–Crippen MR) is 76.2 cm³/mol. The van der Waals surface area contributed by atoms with Gasteiger partial charge in [-0.05, 0) is 25.5 Å². The second-order valence-corrected chi connectivity index (χ2v) is 4.76. The zero-order valence-corrected chi connectivity index (χ0v) is 12.0. The van der Waals surface area contributed by atoms with Crippen LogP contribution in [0.4, 0.5) is 5.69 Å². The first-order chi connectivity index (χ1) is 9.86. The number of nitrogens with zero attached hydrogens (tertiary/aromatic N) is 1. The number of benzene rings is 1. The van der Waals surface area contributed by atoms with E-state index in [1.54, 1.807) is 0 Å². The summed E-state index contributed by atoms with van der Waals surface area (Å²) in [7, 11) is 0. The maximum Gasteiger partial charge on any atom is 0.326 e. The second kappa shape index (κ2) is 7.37. The summed E-state index contributed by atoms with van der Waals surface area (Å²) < 4.78 is 0. The van der Waals surface area contributed by atoms with Crippen LogP contribution in [0.2, 0.25) is 0 Å². The van der Waals surface area contributed by atoms with Crippen molar-refractivity contribution in [2.24, 2.45) is 0 Å². The lowest BCUT2D eigenvalue weighted by Gasteiger charge is -2.14. The van der Waals surface area contributed by atoms with E-state index in [-0.39, 0.29) is 11.3 Å². The van der Waals surface area contributed by atoms with Crippen molar-refractivity contribution in [1.29, 1.82) is 0 Å². The van der Waals surface area contributed by atoms with Crippen molar-refractivity contribution in [3.63, 3.8) is 0 Å². The molecule has 0 fully saturated rings. The summed E-state index contributed by atoms with van der Waals surface area (Å²) in [6.07, 6.45) is 1.87. The second-order valence-electron chi connectivity index (χ2n) is 4.76. The largest absolute Gasteiger partial charge is 0.480 e. The van der Waals surface area contributed by atoms with Gasteiger partial charge in [0.25, 0.3) is 11.6 Å². The number of aliphatic carboxylic acids is 1. The molecule has 1 aromatic carbocycles. The van der Waals surface area contributed by atoms with Crippen LogP contribution in [-0.2, 0) is 4.79 Å². The van der Waals surface area contributed by atoms with Gasteiger partial charge in [0.05, 0.1) is 4.92 Å². The van der Waals surface area contributed by atoms with Crippen molar-refractivity contribution in [3.8, 4) is 0 Å². The van der Waals surface area contributed by atoms with Crippen LogP contribution < -0.4 is 5.32 Å². The Morgan fingerprint density at radius 1 is 1.43 bits per heavy atom. The molecule has 1 amide bonds. The third kappa shape index (κ3) is 4.55. The molecular weight excluding hydrogens is 276 g/mol. The number of aryl methyl sites for hydroxylation is 1. The number of carboxylic acids is 1. The topological polar surface area (TPSA) is 110 Å². The molecule has 1 aromatic rings. The first kappa shape index (κ1) is 16.6. The molecule has 0 spiro atoms. The Kier molecular flexibility index (Phi) is 5.83. The number of carbonyl (C=O) groups is 2. The van der Waals surface area contributed by atoms with Crippen LogP contribution in [0, 0.1) is 17.0 Å². The van der Waals surface area contributed by atoms with Crippen molar-refractivity contribution >= 4 is 17.6 Å². The summed E-state index contributed by atoms with van der Waals surface area (Å²) in [6.45, 7) is 3.46. The van der Waals surface area contributed by atoms with Crippen LogP contribution in [0.5, 0.6) is 0 Å². The molecule has 0 unspecified atom stereocenters. The number of hydrogen-bond acceptors (Lipinski definition) is 4. The quantitative estimate of drug-likeness (QED) is 0.592. The molecule has 1 rings (SSSR count). The zero-order chi connectivity index (χ0) is 16.0. The van der Waals surface area contributed by atoms with Gasteiger partial charge < -0.3 is 10.4 Å². The molecule has 0 aliphatic carbocycles. The van der Waals surface area contributed by atoms with E-state index in [0.29, 0.717) is 18.4 Å². The highest BCUT2D eigenvalue weighted by Crippen LogP contribution is 2.18. The van der Waals surface area contributed by atoms with Crippen LogP contribution in [0.3, 0.4) is 0 Å². The molecule has 0 bridgehead atoms. The van der Waals surface area contributed by atoms with Crippen LogP contribution in [0.1, 0.15) is 42.1 Å². The first-order valence-electron chi connectivity index (χ1n) is 6.65. The fourth-order valence-electron chi connectivity index (χ4n) is 1.91. The van der Waals surface area contributed by atoms with E-state index in [4.69, 9.17) is 5.11 Å². The number of nitro benzene ring substituents is 1. The van der Waals surface area contributed by atoms with E-state index in [1.807, 2.05) is 6.92 Å². The number of rotatable bonds is 7. The summed E-state index contributed by atoms with van der Waals surface area (Å²) in [5.74, 6) is -1.63. The van der Waals surface area contributed by atoms with Gasteiger partial charge in [-0.3, -0.25) is 14.9 Å². The van der Waals surface area contributed by atoms with Gasteiger partial charge in [-0.15, -0.1) is 0 Å². The standard InChI is InChI=1S/C14H18N2O5/c1-3-4-5-11(14(18)19)15-13(17)10-6-7-12(16(20)21)9(2)8-10/h6-8,11H,3-5H2,1-2H3,(H,15,17)(H,18,19)/t11-/m0/s1. The molecule has 7 heteroatoms. The third-order valence-electron chi connectivity index (χ3n) is 3.11. The highest BCUT2D eigenvalue weighted by atomic mass is 16.6. The smallest absolute Gasteiger partial charge is 0.326 e. The molecular formula is C14H18N2O5. The van der Waals surface area contributed by atoms with Gasteiger partial charge in [-0.2, -0.15) is 0 Å². The Morgan fingerprint density at radius 3 is 2.57 bits per heavy atom. The third-order valence-corrected chi connectivity index (χ3v) is 3.11. The Bertz CT molecular complexity index is 556. The first-order valence-corrected chi connectivity index (χ1v) is 6.65. The van der Waals surface area contributed by atoms with Crippen LogP contribution in [-0.4, -0.2) is 27.9 Å². The zero-order valence-electron chi connectivity index (χ0n) is 12.0. The van der Waals surface area contributed by atoms with Crippen LogP contribution in [0.15, 0.2) is 18.2 Å². The van der Waals surface area contributed by atoms with E-state index >= 15 is 0 Å². The minimum Gasteiger partial charge on any atom is -0.480 e. The molecule has 0 heterocycles. The molecule has 0 aromatic heterocycles. The maximum atomic E-state index is 12.0. The summed E-state index contributed by atoms with van der Waals surface area (Å²) in [6, 6.07) is 2.99. The van der Waals surface area contributed by atoms with E-state index in [2.05, 4.69) is 5.32 Å². The average Bonchev–Trinajstić information content (AvgIpc) is 2.42. The van der Waals surface area contributed by atoms with E-state index in [1.165, 1.54) is 25.1 Å². The number of nitrogens with one attached hydrogen (secondary N) is 1. The lowest BCUT2D eigenvalue weighted by Crippen LogP contribution is -2.40. The SMILES string of the molecule is CCCC[C@H](NC(=O)c1ccc([N+](=O)[O-])c(C)c1)C(=O)O. The molecule has 0 aliphatic rings. The number of carbonyl (C=O) groups excluding carboxylic acids is 1. The van der Waals surface area contributed by atoms with E-state index < -0.39 is 22.8 Å². The minimum absolute atomic E-state index is 0.0766. The van der Waals surface area contributed by atoms with Crippen molar-refractivity contribution in [1.82, 2.24) is 5.32 Å².